The number of hydrogen-bond acceptors (Lipinski definition) is 4. The standard InChI is InChI=1S/C20H22N2O4/c1-12(2)15-6-4-5-7-17(15)25-11-19(23)21-14-8-9-18-16(10-14)22-20(24)13(3)26-18/h4-10,12-13H,11H2,1-3H3,(H,21,23)(H,22,24)/t13-/m0/s1. The minimum atomic E-state index is -0.530. The number of para-hydroxylation sites is 1. The fourth-order valence-electron chi connectivity index (χ4n) is 2.72. The quantitative estimate of drug-likeness (QED) is 0.861. The molecule has 0 aliphatic carbocycles. The van der Waals surface area contributed by atoms with Gasteiger partial charge in [0.15, 0.2) is 12.7 Å². The summed E-state index contributed by atoms with van der Waals surface area (Å²) in [6, 6.07) is 12.8. The minimum absolute atomic E-state index is 0.0965. The van der Waals surface area contributed by atoms with Crippen LogP contribution in [-0.4, -0.2) is 24.5 Å². The summed E-state index contributed by atoms with van der Waals surface area (Å²) in [5.74, 6) is 1.10. The van der Waals surface area contributed by atoms with Crippen molar-refractivity contribution in [3.8, 4) is 11.5 Å². The number of nitrogens with one attached hydrogen (secondary N) is 2. The summed E-state index contributed by atoms with van der Waals surface area (Å²) in [5, 5.41) is 5.52. The van der Waals surface area contributed by atoms with Crippen LogP contribution >= 0.6 is 0 Å². The van der Waals surface area contributed by atoms with Crippen molar-refractivity contribution < 1.29 is 19.1 Å². The van der Waals surface area contributed by atoms with Crippen molar-refractivity contribution in [1.29, 1.82) is 0 Å². The molecule has 0 unspecified atom stereocenters. The SMILES string of the molecule is CC(C)c1ccccc1OCC(=O)Nc1ccc2c(c1)NC(=O)[C@H](C)O2. The summed E-state index contributed by atoms with van der Waals surface area (Å²) in [5.41, 5.74) is 2.16. The molecule has 3 rings (SSSR count). The maximum absolute atomic E-state index is 12.2. The highest BCUT2D eigenvalue weighted by Gasteiger charge is 2.23. The van der Waals surface area contributed by atoms with Crippen LogP contribution in [0.1, 0.15) is 32.3 Å². The molecule has 0 aromatic heterocycles. The van der Waals surface area contributed by atoms with Crippen LogP contribution in [0.3, 0.4) is 0 Å². The highest BCUT2D eigenvalue weighted by molar-refractivity contribution is 5.99. The van der Waals surface area contributed by atoms with E-state index in [1.165, 1.54) is 0 Å². The zero-order valence-corrected chi connectivity index (χ0v) is 15.0. The molecule has 0 bridgehead atoms. The third-order valence-corrected chi connectivity index (χ3v) is 4.09. The zero-order chi connectivity index (χ0) is 18.7. The molecule has 0 spiro atoms. The molecule has 1 heterocycles. The molecule has 6 heteroatoms. The van der Waals surface area contributed by atoms with E-state index in [4.69, 9.17) is 9.47 Å². The molecular formula is C20H22N2O4. The summed E-state index contributed by atoms with van der Waals surface area (Å²) in [6.07, 6.45) is -0.530. The van der Waals surface area contributed by atoms with Gasteiger partial charge in [0.25, 0.3) is 11.8 Å². The first-order valence-electron chi connectivity index (χ1n) is 8.57. The van der Waals surface area contributed by atoms with Crippen LogP contribution in [0.15, 0.2) is 42.5 Å². The van der Waals surface area contributed by atoms with Gasteiger partial charge in [0.1, 0.15) is 11.5 Å². The molecule has 0 saturated carbocycles. The van der Waals surface area contributed by atoms with Gasteiger partial charge in [-0.05, 0) is 42.7 Å². The van der Waals surface area contributed by atoms with Gasteiger partial charge in [0.05, 0.1) is 5.69 Å². The Labute approximate surface area is 152 Å². The minimum Gasteiger partial charge on any atom is -0.483 e. The Balaban J connectivity index is 1.63. The van der Waals surface area contributed by atoms with E-state index in [9.17, 15) is 9.59 Å². The van der Waals surface area contributed by atoms with Crippen LogP contribution in [0.2, 0.25) is 0 Å². The number of anilines is 2. The smallest absolute Gasteiger partial charge is 0.265 e. The van der Waals surface area contributed by atoms with Gasteiger partial charge in [-0.15, -0.1) is 0 Å². The number of carbonyl (C=O) groups excluding carboxylic acids is 2. The maximum Gasteiger partial charge on any atom is 0.265 e. The topological polar surface area (TPSA) is 76.7 Å². The molecule has 0 fully saturated rings. The molecule has 2 N–H and O–H groups in total. The van der Waals surface area contributed by atoms with Crippen LogP contribution in [-0.2, 0) is 9.59 Å². The molecule has 26 heavy (non-hydrogen) atoms. The number of fused-ring (bicyclic) bond motifs is 1. The van der Waals surface area contributed by atoms with Crippen molar-refractivity contribution in [3.63, 3.8) is 0 Å². The lowest BCUT2D eigenvalue weighted by Gasteiger charge is -2.23. The molecule has 2 amide bonds. The van der Waals surface area contributed by atoms with Crippen molar-refractivity contribution in [2.45, 2.75) is 32.8 Å². The van der Waals surface area contributed by atoms with Gasteiger partial charge in [-0.3, -0.25) is 9.59 Å². The highest BCUT2D eigenvalue weighted by atomic mass is 16.5. The van der Waals surface area contributed by atoms with Gasteiger partial charge in [-0.2, -0.15) is 0 Å². The summed E-state index contributed by atoms with van der Waals surface area (Å²) in [6.45, 7) is 5.74. The zero-order valence-electron chi connectivity index (χ0n) is 15.0. The van der Waals surface area contributed by atoms with E-state index in [1.807, 2.05) is 24.3 Å². The Morgan fingerprint density at radius 3 is 2.81 bits per heavy atom. The first-order valence-corrected chi connectivity index (χ1v) is 8.57. The third kappa shape index (κ3) is 3.96. The van der Waals surface area contributed by atoms with E-state index in [2.05, 4.69) is 24.5 Å². The Bertz CT molecular complexity index is 832. The average molecular weight is 354 g/mol. The Kier molecular flexibility index (Phi) is 5.11. The number of benzene rings is 2. The lowest BCUT2D eigenvalue weighted by atomic mass is 10.0. The van der Waals surface area contributed by atoms with Crippen LogP contribution in [0, 0.1) is 0 Å². The number of carbonyl (C=O) groups is 2. The molecule has 2 aromatic carbocycles. The van der Waals surface area contributed by atoms with Crippen molar-refractivity contribution >= 4 is 23.2 Å². The summed E-state index contributed by atoms with van der Waals surface area (Å²) in [7, 11) is 0. The summed E-state index contributed by atoms with van der Waals surface area (Å²) >= 11 is 0. The molecule has 1 atom stereocenters. The van der Waals surface area contributed by atoms with Crippen LogP contribution in [0.5, 0.6) is 11.5 Å². The van der Waals surface area contributed by atoms with Gasteiger partial charge >= 0.3 is 0 Å². The second kappa shape index (κ2) is 7.47. The Hall–Kier alpha value is -3.02. The van der Waals surface area contributed by atoms with E-state index in [1.54, 1.807) is 25.1 Å². The fraction of sp³-hybridized carbons (Fsp3) is 0.300. The van der Waals surface area contributed by atoms with Gasteiger partial charge in [0.2, 0.25) is 0 Å². The van der Waals surface area contributed by atoms with Gasteiger partial charge in [-0.1, -0.05) is 32.0 Å². The molecule has 1 aliphatic heterocycles. The molecule has 6 nitrogen and oxygen atoms in total. The molecule has 1 aliphatic rings. The van der Waals surface area contributed by atoms with Crippen LogP contribution in [0.25, 0.3) is 0 Å². The van der Waals surface area contributed by atoms with Gasteiger partial charge in [-0.25, -0.2) is 0 Å². The van der Waals surface area contributed by atoms with Crippen molar-refractivity contribution in [2.75, 3.05) is 17.2 Å². The molecule has 136 valence electrons. The molecule has 2 aromatic rings. The summed E-state index contributed by atoms with van der Waals surface area (Å²) in [4.78, 5) is 23.9. The number of hydrogen-bond donors (Lipinski definition) is 2. The lowest BCUT2D eigenvalue weighted by Crippen LogP contribution is -2.34. The van der Waals surface area contributed by atoms with Crippen molar-refractivity contribution in [3.05, 3.63) is 48.0 Å². The van der Waals surface area contributed by atoms with Crippen molar-refractivity contribution in [1.82, 2.24) is 0 Å². The van der Waals surface area contributed by atoms with E-state index >= 15 is 0 Å². The van der Waals surface area contributed by atoms with E-state index in [0.717, 1.165) is 5.56 Å². The second-order valence-corrected chi connectivity index (χ2v) is 6.49. The fourth-order valence-corrected chi connectivity index (χ4v) is 2.72. The highest BCUT2D eigenvalue weighted by Crippen LogP contribution is 2.32. The Morgan fingerprint density at radius 1 is 1.27 bits per heavy atom. The average Bonchev–Trinajstić information content (AvgIpc) is 2.61. The van der Waals surface area contributed by atoms with Crippen LogP contribution in [0.4, 0.5) is 11.4 Å². The predicted octanol–water partition coefficient (Wildman–Crippen LogP) is 3.55. The molecule has 0 saturated heterocycles. The van der Waals surface area contributed by atoms with E-state index in [0.29, 0.717) is 28.8 Å². The lowest BCUT2D eigenvalue weighted by molar-refractivity contribution is -0.122. The monoisotopic (exact) mass is 354 g/mol. The van der Waals surface area contributed by atoms with E-state index < -0.39 is 6.10 Å². The largest absolute Gasteiger partial charge is 0.483 e. The summed E-state index contributed by atoms with van der Waals surface area (Å²) < 4.78 is 11.2. The normalized spacial score (nSPS) is 15.7. The first-order chi connectivity index (χ1) is 12.4. The Morgan fingerprint density at radius 2 is 2.04 bits per heavy atom. The molecule has 0 radical (unpaired) electrons. The van der Waals surface area contributed by atoms with Gasteiger partial charge in [0, 0.05) is 5.69 Å². The number of amides is 2. The van der Waals surface area contributed by atoms with Crippen molar-refractivity contribution in [2.24, 2.45) is 0 Å². The number of ether oxygens (including phenoxy) is 2. The predicted molar refractivity (Wildman–Crippen MR) is 99.8 cm³/mol. The maximum atomic E-state index is 12.2. The van der Waals surface area contributed by atoms with E-state index in [-0.39, 0.29) is 18.4 Å². The van der Waals surface area contributed by atoms with Crippen LogP contribution < -0.4 is 20.1 Å². The first kappa shape index (κ1) is 17.8. The third-order valence-electron chi connectivity index (χ3n) is 4.09. The van der Waals surface area contributed by atoms with Gasteiger partial charge < -0.3 is 20.1 Å². The molecular weight excluding hydrogens is 332 g/mol. The second-order valence-electron chi connectivity index (χ2n) is 6.49. The number of rotatable bonds is 5.